The first-order chi connectivity index (χ1) is 11.9. The number of hydrogen-bond donors (Lipinski definition) is 1. The maximum Gasteiger partial charge on any atom is 0.348 e. The van der Waals surface area contributed by atoms with Crippen LogP contribution in [0.3, 0.4) is 0 Å². The van der Waals surface area contributed by atoms with Crippen LogP contribution in [0.15, 0.2) is 16.9 Å². The van der Waals surface area contributed by atoms with E-state index in [9.17, 15) is 9.59 Å². The lowest BCUT2D eigenvalue weighted by Gasteiger charge is -2.29. The summed E-state index contributed by atoms with van der Waals surface area (Å²) < 4.78 is 10.3. The van der Waals surface area contributed by atoms with Gasteiger partial charge in [-0.3, -0.25) is 0 Å². The summed E-state index contributed by atoms with van der Waals surface area (Å²) in [5.74, 6) is -2.05. The topological polar surface area (TPSA) is 90.4 Å². The van der Waals surface area contributed by atoms with Crippen molar-refractivity contribution in [3.8, 4) is 0 Å². The molecule has 0 amide bonds. The van der Waals surface area contributed by atoms with Gasteiger partial charge in [0, 0.05) is 31.6 Å². The Kier molecular flexibility index (Phi) is 4.99. The first kappa shape index (κ1) is 17.7. The van der Waals surface area contributed by atoms with Gasteiger partial charge in [0.15, 0.2) is 5.16 Å². The number of ether oxygens (including phenoxy) is 2. The molecule has 2 aliphatic rings. The first-order valence-electron chi connectivity index (χ1n) is 8.24. The Labute approximate surface area is 150 Å². The van der Waals surface area contributed by atoms with Gasteiger partial charge in [0.05, 0.1) is 0 Å². The average molecular weight is 363 g/mol. The molecule has 0 atom stereocenters. The Balaban J connectivity index is 1.92. The molecule has 1 saturated carbocycles. The molecule has 1 aliphatic heterocycles. The highest BCUT2D eigenvalue weighted by molar-refractivity contribution is 7.98. The molecule has 1 N–H and O–H groups in total. The summed E-state index contributed by atoms with van der Waals surface area (Å²) in [5.41, 5.74) is 0.405. The summed E-state index contributed by atoms with van der Waals surface area (Å²) in [6, 6.07) is 0.339. The number of esters is 2. The van der Waals surface area contributed by atoms with E-state index in [2.05, 4.69) is 15.3 Å². The molecule has 0 bridgehead atoms. The fourth-order valence-electron chi connectivity index (χ4n) is 2.89. The Morgan fingerprint density at radius 2 is 1.88 bits per heavy atom. The molecule has 1 aromatic rings. The van der Waals surface area contributed by atoms with Gasteiger partial charge in [0.25, 0.3) is 5.79 Å². The van der Waals surface area contributed by atoms with E-state index in [0.29, 0.717) is 22.6 Å². The third-order valence-electron chi connectivity index (χ3n) is 4.09. The van der Waals surface area contributed by atoms with Crippen molar-refractivity contribution in [3.63, 3.8) is 0 Å². The number of carbonyl (C=O) groups excluding carboxylic acids is 2. The third-order valence-corrected chi connectivity index (χ3v) is 4.65. The van der Waals surface area contributed by atoms with Crippen LogP contribution in [0.1, 0.15) is 45.1 Å². The van der Waals surface area contributed by atoms with Crippen molar-refractivity contribution in [2.75, 3.05) is 11.6 Å². The van der Waals surface area contributed by atoms with E-state index in [0.717, 1.165) is 12.8 Å². The quantitative estimate of drug-likeness (QED) is 0.287. The standard InChI is InChI=1S/C17H21N3O4S/c1-17(2)23-14(21)12(15(22)24-17)8-10-9-18-16(25-3)20-13(10)19-11-6-4-5-7-11/h8-9,11H,4-7H2,1-3H3,(H,18,19,20). The van der Waals surface area contributed by atoms with Crippen molar-refractivity contribution in [3.05, 3.63) is 17.3 Å². The predicted molar refractivity (Wildman–Crippen MR) is 93.9 cm³/mol. The van der Waals surface area contributed by atoms with Crippen molar-refractivity contribution < 1.29 is 19.1 Å². The summed E-state index contributed by atoms with van der Waals surface area (Å²) in [5, 5.41) is 4.03. The van der Waals surface area contributed by atoms with Crippen molar-refractivity contribution in [1.82, 2.24) is 9.97 Å². The minimum Gasteiger partial charge on any atom is -0.419 e. The summed E-state index contributed by atoms with van der Waals surface area (Å²) in [6.07, 6.45) is 9.44. The number of anilines is 1. The minimum atomic E-state index is -1.25. The van der Waals surface area contributed by atoms with Crippen LogP contribution >= 0.6 is 11.8 Å². The Morgan fingerprint density at radius 3 is 2.48 bits per heavy atom. The van der Waals surface area contributed by atoms with E-state index >= 15 is 0 Å². The smallest absolute Gasteiger partial charge is 0.348 e. The number of aromatic nitrogens is 2. The third kappa shape index (κ3) is 4.12. The van der Waals surface area contributed by atoms with Crippen molar-refractivity contribution in [1.29, 1.82) is 0 Å². The molecule has 7 nitrogen and oxygen atoms in total. The summed E-state index contributed by atoms with van der Waals surface area (Å²) in [6.45, 7) is 3.03. The van der Waals surface area contributed by atoms with Gasteiger partial charge in [0.1, 0.15) is 11.4 Å². The lowest BCUT2D eigenvalue weighted by Crippen LogP contribution is -2.41. The van der Waals surface area contributed by atoms with Crippen LogP contribution in [0.2, 0.25) is 0 Å². The zero-order chi connectivity index (χ0) is 18.0. The normalized spacial score (nSPS) is 20.2. The van der Waals surface area contributed by atoms with Gasteiger partial charge in [-0.2, -0.15) is 0 Å². The van der Waals surface area contributed by atoms with E-state index in [1.54, 1.807) is 6.20 Å². The molecule has 0 radical (unpaired) electrons. The van der Waals surface area contributed by atoms with Gasteiger partial charge >= 0.3 is 11.9 Å². The fraction of sp³-hybridized carbons (Fsp3) is 0.529. The molecule has 0 aromatic carbocycles. The zero-order valence-corrected chi connectivity index (χ0v) is 15.3. The van der Waals surface area contributed by atoms with Gasteiger partial charge in [-0.25, -0.2) is 19.6 Å². The largest absolute Gasteiger partial charge is 0.419 e. The molecular weight excluding hydrogens is 342 g/mol. The first-order valence-corrected chi connectivity index (χ1v) is 9.46. The van der Waals surface area contributed by atoms with Crippen LogP contribution < -0.4 is 5.32 Å². The van der Waals surface area contributed by atoms with Gasteiger partial charge in [-0.1, -0.05) is 24.6 Å². The number of rotatable bonds is 4. The van der Waals surface area contributed by atoms with E-state index in [-0.39, 0.29) is 5.57 Å². The van der Waals surface area contributed by atoms with E-state index in [1.807, 2.05) is 6.26 Å². The number of hydrogen-bond acceptors (Lipinski definition) is 8. The van der Waals surface area contributed by atoms with E-state index < -0.39 is 17.7 Å². The number of cyclic esters (lactones) is 2. The maximum absolute atomic E-state index is 12.1. The van der Waals surface area contributed by atoms with Crippen LogP contribution in [0.5, 0.6) is 0 Å². The van der Waals surface area contributed by atoms with E-state index in [1.165, 1.54) is 44.5 Å². The Hall–Kier alpha value is -2.09. The molecular formula is C17H21N3O4S. The predicted octanol–water partition coefficient (Wildman–Crippen LogP) is 2.77. The van der Waals surface area contributed by atoms with Crippen molar-refractivity contribution in [2.45, 2.75) is 56.5 Å². The highest BCUT2D eigenvalue weighted by atomic mass is 32.2. The molecule has 25 heavy (non-hydrogen) atoms. The Morgan fingerprint density at radius 1 is 1.24 bits per heavy atom. The SMILES string of the molecule is CSc1ncc(C=C2C(=O)OC(C)(C)OC2=O)c(NC2CCCC2)n1. The molecule has 1 aromatic heterocycles. The zero-order valence-electron chi connectivity index (χ0n) is 14.5. The van der Waals surface area contributed by atoms with Gasteiger partial charge in [-0.15, -0.1) is 0 Å². The summed E-state index contributed by atoms with van der Waals surface area (Å²) >= 11 is 1.43. The van der Waals surface area contributed by atoms with Crippen LogP contribution in [-0.2, 0) is 19.1 Å². The molecule has 8 heteroatoms. The molecule has 1 saturated heterocycles. The highest BCUT2D eigenvalue weighted by Gasteiger charge is 2.39. The second kappa shape index (κ2) is 7.03. The highest BCUT2D eigenvalue weighted by Crippen LogP contribution is 2.28. The fourth-order valence-corrected chi connectivity index (χ4v) is 3.23. The number of thioether (sulfide) groups is 1. The minimum absolute atomic E-state index is 0.158. The lowest BCUT2D eigenvalue weighted by molar-refractivity contribution is -0.222. The molecule has 134 valence electrons. The number of nitrogens with one attached hydrogen (secondary N) is 1. The van der Waals surface area contributed by atoms with Gasteiger partial charge in [-0.05, 0) is 25.2 Å². The second-order valence-electron chi connectivity index (χ2n) is 6.52. The maximum atomic E-state index is 12.1. The molecule has 0 unspecified atom stereocenters. The molecule has 1 aliphatic carbocycles. The van der Waals surface area contributed by atoms with Crippen molar-refractivity contribution in [2.24, 2.45) is 0 Å². The van der Waals surface area contributed by atoms with Crippen LogP contribution in [0.25, 0.3) is 6.08 Å². The molecule has 0 spiro atoms. The monoisotopic (exact) mass is 363 g/mol. The van der Waals surface area contributed by atoms with Crippen LogP contribution in [-0.4, -0.2) is 40.0 Å². The van der Waals surface area contributed by atoms with Crippen LogP contribution in [0, 0.1) is 0 Å². The van der Waals surface area contributed by atoms with Gasteiger partial charge < -0.3 is 14.8 Å². The number of nitrogens with zero attached hydrogens (tertiary/aromatic N) is 2. The van der Waals surface area contributed by atoms with Crippen molar-refractivity contribution >= 4 is 35.6 Å². The number of carbonyl (C=O) groups is 2. The molecule has 2 fully saturated rings. The lowest BCUT2D eigenvalue weighted by atomic mass is 10.1. The summed E-state index contributed by atoms with van der Waals surface area (Å²) in [7, 11) is 0. The van der Waals surface area contributed by atoms with E-state index in [4.69, 9.17) is 9.47 Å². The second-order valence-corrected chi connectivity index (χ2v) is 7.30. The molecule has 2 heterocycles. The summed E-state index contributed by atoms with van der Waals surface area (Å²) in [4.78, 5) is 33.0. The average Bonchev–Trinajstić information content (AvgIpc) is 3.04. The van der Waals surface area contributed by atoms with Crippen LogP contribution in [0.4, 0.5) is 5.82 Å². The van der Waals surface area contributed by atoms with Gasteiger partial charge in [0.2, 0.25) is 0 Å². The molecule has 3 rings (SSSR count). The Bertz CT molecular complexity index is 705.